The van der Waals surface area contributed by atoms with Gasteiger partial charge in [-0.15, -0.1) is 0 Å². The highest BCUT2D eigenvalue weighted by atomic mass is 16.4. The van der Waals surface area contributed by atoms with Crippen LogP contribution in [0.5, 0.6) is 0 Å². The maximum atomic E-state index is 11.8. The van der Waals surface area contributed by atoms with Crippen molar-refractivity contribution in [2.24, 2.45) is 0 Å². The Morgan fingerprint density at radius 2 is 2.11 bits per heavy atom. The maximum absolute atomic E-state index is 11.8. The fourth-order valence-electron chi connectivity index (χ4n) is 2.27. The fourth-order valence-corrected chi connectivity index (χ4v) is 2.27. The molecule has 0 atom stereocenters. The zero-order valence-corrected chi connectivity index (χ0v) is 10.5. The molecule has 1 N–H and O–H groups in total. The highest BCUT2D eigenvalue weighted by molar-refractivity contribution is 5.88. The lowest BCUT2D eigenvalue weighted by Gasteiger charge is -2.29. The Balaban J connectivity index is 2.19. The van der Waals surface area contributed by atoms with Crippen molar-refractivity contribution < 1.29 is 14.7 Å². The van der Waals surface area contributed by atoms with Crippen LogP contribution in [0.4, 0.5) is 0 Å². The predicted octanol–water partition coefficient (Wildman–Crippen LogP) is 2.07. The number of carbonyl (C=O) groups is 2. The van der Waals surface area contributed by atoms with Crippen molar-refractivity contribution in [3.05, 3.63) is 34.9 Å². The van der Waals surface area contributed by atoms with E-state index in [1.807, 2.05) is 17.9 Å². The second-order valence-electron chi connectivity index (χ2n) is 4.60. The lowest BCUT2D eigenvalue weighted by Crippen LogP contribution is -2.35. The van der Waals surface area contributed by atoms with E-state index < -0.39 is 5.97 Å². The van der Waals surface area contributed by atoms with E-state index in [-0.39, 0.29) is 5.91 Å². The first kappa shape index (κ1) is 12.6. The number of carboxylic acids is 1. The van der Waals surface area contributed by atoms with Gasteiger partial charge >= 0.3 is 5.97 Å². The third kappa shape index (κ3) is 2.53. The topological polar surface area (TPSA) is 57.6 Å². The van der Waals surface area contributed by atoms with Gasteiger partial charge in [0.15, 0.2) is 0 Å². The molecule has 1 aromatic rings. The molecule has 1 amide bonds. The lowest BCUT2D eigenvalue weighted by atomic mass is 9.97. The van der Waals surface area contributed by atoms with Crippen LogP contribution in [0.15, 0.2) is 18.2 Å². The van der Waals surface area contributed by atoms with Gasteiger partial charge in [0.25, 0.3) is 0 Å². The zero-order chi connectivity index (χ0) is 13.1. The Morgan fingerprint density at radius 3 is 2.78 bits per heavy atom. The first-order chi connectivity index (χ1) is 8.61. The molecular weight excluding hydrogens is 230 g/mol. The summed E-state index contributed by atoms with van der Waals surface area (Å²) >= 11 is 0. The van der Waals surface area contributed by atoms with Crippen LogP contribution in [0, 0.1) is 0 Å². The average molecular weight is 247 g/mol. The first-order valence-electron chi connectivity index (χ1n) is 6.24. The van der Waals surface area contributed by atoms with Crippen molar-refractivity contribution in [3.8, 4) is 0 Å². The molecular formula is C14H17NO3. The zero-order valence-electron chi connectivity index (χ0n) is 10.5. The number of hydrogen-bond donors (Lipinski definition) is 1. The molecule has 0 spiro atoms. The number of carbonyl (C=O) groups excluding carboxylic acids is 1. The minimum Gasteiger partial charge on any atom is -0.478 e. The second-order valence-corrected chi connectivity index (χ2v) is 4.60. The summed E-state index contributed by atoms with van der Waals surface area (Å²) in [4.78, 5) is 24.6. The number of aromatic carboxylic acids is 1. The van der Waals surface area contributed by atoms with Crippen LogP contribution in [-0.4, -0.2) is 28.4 Å². The smallest absolute Gasteiger partial charge is 0.335 e. The molecule has 0 radical (unpaired) electrons. The molecule has 0 saturated carbocycles. The molecule has 1 aromatic carbocycles. The molecule has 4 heteroatoms. The van der Waals surface area contributed by atoms with Gasteiger partial charge < -0.3 is 10.0 Å². The third-order valence-corrected chi connectivity index (χ3v) is 3.28. The molecule has 1 heterocycles. The third-order valence-electron chi connectivity index (χ3n) is 3.28. The number of rotatable bonds is 3. The van der Waals surface area contributed by atoms with Crippen LogP contribution in [0.3, 0.4) is 0 Å². The SMILES string of the molecule is CCCC(=O)N1CCc2ccc(C(=O)O)cc2C1. The van der Waals surface area contributed by atoms with E-state index in [2.05, 4.69) is 0 Å². The summed E-state index contributed by atoms with van der Waals surface area (Å²) in [5, 5.41) is 8.97. The Morgan fingerprint density at radius 1 is 1.33 bits per heavy atom. The monoisotopic (exact) mass is 247 g/mol. The van der Waals surface area contributed by atoms with E-state index in [0.717, 1.165) is 30.5 Å². The van der Waals surface area contributed by atoms with Crippen molar-refractivity contribution in [2.45, 2.75) is 32.7 Å². The number of benzene rings is 1. The van der Waals surface area contributed by atoms with E-state index in [4.69, 9.17) is 5.11 Å². The Hall–Kier alpha value is -1.84. The minimum absolute atomic E-state index is 0.156. The summed E-state index contributed by atoms with van der Waals surface area (Å²) < 4.78 is 0. The number of nitrogens with zero attached hydrogens (tertiary/aromatic N) is 1. The average Bonchev–Trinajstić information content (AvgIpc) is 2.37. The summed E-state index contributed by atoms with van der Waals surface area (Å²) in [5.74, 6) is -0.765. The summed E-state index contributed by atoms with van der Waals surface area (Å²) in [6.45, 7) is 3.26. The van der Waals surface area contributed by atoms with Gasteiger partial charge in [-0.3, -0.25) is 4.79 Å². The Bertz CT molecular complexity index is 482. The van der Waals surface area contributed by atoms with Gasteiger partial charge in [-0.2, -0.15) is 0 Å². The van der Waals surface area contributed by atoms with Crippen LogP contribution in [-0.2, 0) is 17.8 Å². The summed E-state index contributed by atoms with van der Waals surface area (Å²) in [6.07, 6.45) is 2.22. The minimum atomic E-state index is -0.921. The van der Waals surface area contributed by atoms with Gasteiger partial charge in [0.1, 0.15) is 0 Å². The van der Waals surface area contributed by atoms with E-state index in [9.17, 15) is 9.59 Å². The molecule has 1 aliphatic heterocycles. The molecule has 0 bridgehead atoms. The maximum Gasteiger partial charge on any atom is 0.335 e. The van der Waals surface area contributed by atoms with Gasteiger partial charge in [-0.05, 0) is 36.1 Å². The highest BCUT2D eigenvalue weighted by Gasteiger charge is 2.20. The van der Waals surface area contributed by atoms with Crippen molar-refractivity contribution in [1.29, 1.82) is 0 Å². The molecule has 2 rings (SSSR count). The quantitative estimate of drug-likeness (QED) is 0.889. The number of hydrogen-bond acceptors (Lipinski definition) is 2. The van der Waals surface area contributed by atoms with Crippen molar-refractivity contribution >= 4 is 11.9 Å². The number of amides is 1. The molecule has 1 aliphatic rings. The first-order valence-corrected chi connectivity index (χ1v) is 6.24. The fraction of sp³-hybridized carbons (Fsp3) is 0.429. The van der Waals surface area contributed by atoms with Gasteiger partial charge in [0, 0.05) is 19.5 Å². The summed E-state index contributed by atoms with van der Waals surface area (Å²) in [7, 11) is 0. The second kappa shape index (κ2) is 5.21. The van der Waals surface area contributed by atoms with Gasteiger partial charge in [-0.1, -0.05) is 13.0 Å². The Labute approximate surface area is 106 Å². The standard InChI is InChI=1S/C14H17NO3/c1-2-3-13(16)15-7-6-10-4-5-11(14(17)18)8-12(10)9-15/h4-5,8H,2-3,6-7,9H2,1H3,(H,17,18). The van der Waals surface area contributed by atoms with Gasteiger partial charge in [0.05, 0.1) is 5.56 Å². The molecule has 0 unspecified atom stereocenters. The predicted molar refractivity (Wildman–Crippen MR) is 67.4 cm³/mol. The Kier molecular flexibility index (Phi) is 3.65. The molecule has 0 fully saturated rings. The van der Waals surface area contributed by atoms with Crippen LogP contribution in [0.25, 0.3) is 0 Å². The van der Waals surface area contributed by atoms with Crippen molar-refractivity contribution in [3.63, 3.8) is 0 Å². The number of carboxylic acid groups (broad SMARTS) is 1. The van der Waals surface area contributed by atoms with E-state index in [0.29, 0.717) is 18.5 Å². The largest absolute Gasteiger partial charge is 0.478 e. The highest BCUT2D eigenvalue weighted by Crippen LogP contribution is 2.21. The molecule has 96 valence electrons. The van der Waals surface area contributed by atoms with Crippen LogP contribution < -0.4 is 0 Å². The molecule has 0 saturated heterocycles. The van der Waals surface area contributed by atoms with Gasteiger partial charge in [-0.25, -0.2) is 4.79 Å². The van der Waals surface area contributed by atoms with Gasteiger partial charge in [0.2, 0.25) is 5.91 Å². The van der Waals surface area contributed by atoms with Crippen molar-refractivity contribution in [2.75, 3.05) is 6.54 Å². The van der Waals surface area contributed by atoms with Crippen LogP contribution in [0.2, 0.25) is 0 Å². The van der Waals surface area contributed by atoms with Crippen LogP contribution in [0.1, 0.15) is 41.3 Å². The number of fused-ring (bicyclic) bond motifs is 1. The van der Waals surface area contributed by atoms with E-state index in [1.165, 1.54) is 0 Å². The summed E-state index contributed by atoms with van der Waals surface area (Å²) in [5.41, 5.74) is 2.41. The molecule has 0 aliphatic carbocycles. The van der Waals surface area contributed by atoms with E-state index >= 15 is 0 Å². The molecule has 0 aromatic heterocycles. The van der Waals surface area contributed by atoms with Crippen LogP contribution >= 0.6 is 0 Å². The van der Waals surface area contributed by atoms with E-state index in [1.54, 1.807) is 12.1 Å². The molecule has 4 nitrogen and oxygen atoms in total. The molecule has 18 heavy (non-hydrogen) atoms. The lowest BCUT2D eigenvalue weighted by molar-refractivity contribution is -0.132. The van der Waals surface area contributed by atoms with Crippen molar-refractivity contribution in [1.82, 2.24) is 4.90 Å². The normalized spacial score (nSPS) is 14.2. The summed E-state index contributed by atoms with van der Waals surface area (Å²) in [6, 6.07) is 5.17.